The number of rotatable bonds is 6. The number of hydrogen-bond donors (Lipinski definition) is 0. The Bertz CT molecular complexity index is 1320. The SMILES string of the molecule is CCN(CC)c1ccc2cc(/C=C/C3=[N+](C)c4ccc(N(C)C)cc4C3(C)C)c(=O)oc2c1. The van der Waals surface area contributed by atoms with Crippen LogP contribution in [0.4, 0.5) is 17.1 Å². The Morgan fingerprint density at radius 3 is 2.33 bits per heavy atom. The highest BCUT2D eigenvalue weighted by Crippen LogP contribution is 2.41. The van der Waals surface area contributed by atoms with Crippen LogP contribution in [0, 0.1) is 0 Å². The van der Waals surface area contributed by atoms with Gasteiger partial charge in [-0.05, 0) is 64.1 Å². The summed E-state index contributed by atoms with van der Waals surface area (Å²) in [5.74, 6) is 0. The highest BCUT2D eigenvalue weighted by atomic mass is 16.4. The van der Waals surface area contributed by atoms with Crippen LogP contribution >= 0.6 is 0 Å². The van der Waals surface area contributed by atoms with Crippen LogP contribution in [0.5, 0.6) is 0 Å². The molecule has 0 aliphatic carbocycles. The molecule has 0 N–H and O–H groups in total. The Hall–Kier alpha value is -3.34. The molecule has 0 atom stereocenters. The molecule has 0 amide bonds. The van der Waals surface area contributed by atoms with Crippen molar-refractivity contribution in [3.05, 3.63) is 70.1 Å². The fraction of sp³-hybridized carbons (Fsp3) is 0.357. The molecule has 3 aromatic rings. The van der Waals surface area contributed by atoms with Crippen molar-refractivity contribution < 1.29 is 8.99 Å². The Morgan fingerprint density at radius 2 is 1.67 bits per heavy atom. The standard InChI is InChI=1S/C28H34N3O2/c1-8-31(9-2)22-12-10-19-16-20(27(32)33-25(19)18-22)11-15-26-28(3,4)23-17-21(29(5)6)13-14-24(23)30(26)7/h10-18H,8-9H2,1-7H3/q+1. The smallest absolute Gasteiger partial charge is 0.343 e. The Morgan fingerprint density at radius 1 is 0.970 bits per heavy atom. The molecule has 1 aliphatic heterocycles. The monoisotopic (exact) mass is 444 g/mol. The molecule has 0 saturated heterocycles. The van der Waals surface area contributed by atoms with Crippen LogP contribution in [0.2, 0.25) is 0 Å². The number of allylic oxidation sites excluding steroid dienone is 1. The summed E-state index contributed by atoms with van der Waals surface area (Å²) in [5.41, 5.74) is 6.55. The number of hydrogen-bond acceptors (Lipinski definition) is 4. The molecule has 0 spiro atoms. The third kappa shape index (κ3) is 3.97. The molecule has 2 aromatic carbocycles. The van der Waals surface area contributed by atoms with Crippen LogP contribution in [0.3, 0.4) is 0 Å². The summed E-state index contributed by atoms with van der Waals surface area (Å²) in [6.07, 6.45) is 3.94. The van der Waals surface area contributed by atoms with Crippen LogP contribution < -0.4 is 15.4 Å². The van der Waals surface area contributed by atoms with Crippen molar-refractivity contribution in [1.29, 1.82) is 0 Å². The van der Waals surface area contributed by atoms with E-state index in [0.29, 0.717) is 11.1 Å². The predicted octanol–water partition coefficient (Wildman–Crippen LogP) is 5.42. The van der Waals surface area contributed by atoms with Crippen LogP contribution in [-0.4, -0.2) is 44.5 Å². The van der Waals surface area contributed by atoms with E-state index in [-0.39, 0.29) is 11.0 Å². The summed E-state index contributed by atoms with van der Waals surface area (Å²) in [5, 5.41) is 0.924. The second kappa shape index (κ2) is 8.54. The molecule has 33 heavy (non-hydrogen) atoms. The van der Waals surface area contributed by atoms with E-state index >= 15 is 0 Å². The first-order valence-electron chi connectivity index (χ1n) is 11.6. The van der Waals surface area contributed by atoms with Gasteiger partial charge in [0, 0.05) is 67.7 Å². The van der Waals surface area contributed by atoms with Gasteiger partial charge in [-0.15, -0.1) is 0 Å². The summed E-state index contributed by atoms with van der Waals surface area (Å²) in [7, 11) is 6.20. The fourth-order valence-corrected chi connectivity index (χ4v) is 4.79. The first kappa shape index (κ1) is 22.8. The van der Waals surface area contributed by atoms with E-state index in [9.17, 15) is 4.79 Å². The lowest BCUT2D eigenvalue weighted by molar-refractivity contribution is -0.401. The maximum Gasteiger partial charge on any atom is 0.343 e. The van der Waals surface area contributed by atoms with E-state index in [1.165, 1.54) is 16.9 Å². The zero-order valence-electron chi connectivity index (χ0n) is 20.8. The average molecular weight is 445 g/mol. The van der Waals surface area contributed by atoms with Gasteiger partial charge < -0.3 is 14.2 Å². The maximum absolute atomic E-state index is 12.8. The van der Waals surface area contributed by atoms with Gasteiger partial charge in [-0.3, -0.25) is 0 Å². The van der Waals surface area contributed by atoms with E-state index in [1.54, 1.807) is 0 Å². The lowest BCUT2D eigenvalue weighted by Gasteiger charge is -2.20. The van der Waals surface area contributed by atoms with E-state index in [0.717, 1.165) is 29.9 Å². The van der Waals surface area contributed by atoms with Gasteiger partial charge in [0.2, 0.25) is 5.69 Å². The molecule has 0 unspecified atom stereocenters. The first-order chi connectivity index (χ1) is 15.7. The summed E-state index contributed by atoms with van der Waals surface area (Å²) in [6, 6.07) is 14.6. The van der Waals surface area contributed by atoms with E-state index in [1.807, 2.05) is 24.3 Å². The molecule has 4 rings (SSSR count). The number of anilines is 2. The van der Waals surface area contributed by atoms with E-state index in [4.69, 9.17) is 4.42 Å². The van der Waals surface area contributed by atoms with Gasteiger partial charge >= 0.3 is 5.63 Å². The Kier molecular flexibility index (Phi) is 5.91. The zero-order chi connectivity index (χ0) is 23.9. The van der Waals surface area contributed by atoms with E-state index < -0.39 is 0 Å². The molecule has 0 saturated carbocycles. The van der Waals surface area contributed by atoms with Gasteiger partial charge in [0.25, 0.3) is 0 Å². The van der Waals surface area contributed by atoms with Gasteiger partial charge in [0.05, 0.1) is 11.0 Å². The van der Waals surface area contributed by atoms with Gasteiger partial charge in [-0.1, -0.05) is 0 Å². The molecule has 0 fully saturated rings. The van der Waals surface area contributed by atoms with E-state index in [2.05, 4.69) is 93.6 Å². The molecule has 1 aromatic heterocycles. The van der Waals surface area contributed by atoms with Crippen LogP contribution in [0.1, 0.15) is 38.8 Å². The second-order valence-corrected chi connectivity index (χ2v) is 9.38. The number of nitrogens with zero attached hydrogens (tertiary/aromatic N) is 3. The topological polar surface area (TPSA) is 39.7 Å². The van der Waals surface area contributed by atoms with Crippen molar-refractivity contribution in [2.24, 2.45) is 0 Å². The highest BCUT2D eigenvalue weighted by Gasteiger charge is 2.43. The molecule has 0 radical (unpaired) electrons. The van der Waals surface area contributed by atoms with Gasteiger partial charge in [0.1, 0.15) is 12.6 Å². The summed E-state index contributed by atoms with van der Waals surface area (Å²) in [4.78, 5) is 17.1. The lowest BCUT2D eigenvalue weighted by Crippen LogP contribution is -2.26. The molecule has 5 nitrogen and oxygen atoms in total. The van der Waals surface area contributed by atoms with Crippen molar-refractivity contribution >= 4 is 39.8 Å². The Labute approximate surface area is 196 Å². The maximum atomic E-state index is 12.8. The number of fused-ring (bicyclic) bond motifs is 2. The molecule has 2 heterocycles. The second-order valence-electron chi connectivity index (χ2n) is 9.38. The molecular formula is C28H34N3O2+. The van der Waals surface area contributed by atoms with Crippen molar-refractivity contribution in [3.8, 4) is 0 Å². The normalized spacial score (nSPS) is 14.9. The third-order valence-corrected chi connectivity index (χ3v) is 6.83. The quantitative estimate of drug-likeness (QED) is 0.376. The minimum absolute atomic E-state index is 0.178. The lowest BCUT2D eigenvalue weighted by atomic mass is 9.81. The van der Waals surface area contributed by atoms with Crippen LogP contribution in [0.25, 0.3) is 17.0 Å². The summed E-state index contributed by atoms with van der Waals surface area (Å²) in [6.45, 7) is 10.5. The van der Waals surface area contributed by atoms with Crippen LogP contribution in [-0.2, 0) is 5.41 Å². The molecule has 0 bridgehead atoms. The fourth-order valence-electron chi connectivity index (χ4n) is 4.79. The molecular weight excluding hydrogens is 410 g/mol. The Balaban J connectivity index is 1.70. The average Bonchev–Trinajstić information content (AvgIpc) is 2.98. The predicted molar refractivity (Wildman–Crippen MR) is 140 cm³/mol. The summed E-state index contributed by atoms with van der Waals surface area (Å²) >= 11 is 0. The van der Waals surface area contributed by atoms with Gasteiger partial charge in [-0.25, -0.2) is 4.79 Å². The highest BCUT2D eigenvalue weighted by molar-refractivity contribution is 6.05. The third-order valence-electron chi connectivity index (χ3n) is 6.83. The molecule has 5 heteroatoms. The molecule has 172 valence electrons. The van der Waals surface area contributed by atoms with Crippen molar-refractivity contribution in [2.75, 3.05) is 44.0 Å². The first-order valence-corrected chi connectivity index (χ1v) is 11.6. The summed E-state index contributed by atoms with van der Waals surface area (Å²) < 4.78 is 7.92. The minimum atomic E-state index is -0.318. The van der Waals surface area contributed by atoms with Crippen molar-refractivity contribution in [1.82, 2.24) is 0 Å². The largest absolute Gasteiger partial charge is 0.422 e. The van der Waals surface area contributed by atoms with Crippen LogP contribution in [0.15, 0.2) is 57.8 Å². The number of benzene rings is 2. The minimum Gasteiger partial charge on any atom is -0.422 e. The zero-order valence-corrected chi connectivity index (χ0v) is 20.8. The van der Waals surface area contributed by atoms with Crippen molar-refractivity contribution in [2.45, 2.75) is 33.1 Å². The van der Waals surface area contributed by atoms with Gasteiger partial charge in [-0.2, -0.15) is 4.58 Å². The van der Waals surface area contributed by atoms with Gasteiger partial charge in [0.15, 0.2) is 5.71 Å². The molecule has 1 aliphatic rings. The van der Waals surface area contributed by atoms with Crippen molar-refractivity contribution in [3.63, 3.8) is 0 Å².